The van der Waals surface area contributed by atoms with E-state index in [0.29, 0.717) is 10.5 Å². The van der Waals surface area contributed by atoms with Crippen LogP contribution in [0.25, 0.3) is 17.1 Å². The summed E-state index contributed by atoms with van der Waals surface area (Å²) in [6.07, 6.45) is 5.52. The van der Waals surface area contributed by atoms with Gasteiger partial charge in [-0.1, -0.05) is 44.9 Å². The first kappa shape index (κ1) is 22.8. The van der Waals surface area contributed by atoms with Crippen LogP contribution in [0.5, 0.6) is 0 Å². The molecule has 0 aliphatic heterocycles. The highest BCUT2D eigenvalue weighted by atomic mass is 32.1. The summed E-state index contributed by atoms with van der Waals surface area (Å²) in [6.45, 7) is 6.22. The molecule has 0 aliphatic rings. The highest BCUT2D eigenvalue weighted by Gasteiger charge is 2.17. The maximum atomic E-state index is 13.4. The zero-order valence-electron chi connectivity index (χ0n) is 19.5. The first-order valence-corrected chi connectivity index (χ1v) is 12.1. The zero-order chi connectivity index (χ0) is 23.4. The molecule has 1 aromatic carbocycles. The maximum absolute atomic E-state index is 13.4. The molecule has 3 heterocycles. The third-order valence-electron chi connectivity index (χ3n) is 5.51. The second kappa shape index (κ2) is 10.0. The van der Waals surface area contributed by atoms with Gasteiger partial charge in [0.05, 0.1) is 17.6 Å². The molecule has 3 aromatic heterocycles. The number of hydrogen-bond donors (Lipinski definition) is 0. The highest BCUT2D eigenvalue weighted by Crippen LogP contribution is 2.22. The van der Waals surface area contributed by atoms with Crippen molar-refractivity contribution in [1.82, 2.24) is 14.0 Å². The minimum Gasteiger partial charge on any atom is -0.463 e. The summed E-state index contributed by atoms with van der Waals surface area (Å²) >= 11 is 1.45. The molecule has 0 radical (unpaired) electrons. The maximum Gasteiger partial charge on any atom is 0.297 e. The van der Waals surface area contributed by atoms with Gasteiger partial charge >= 0.3 is 0 Å². The van der Waals surface area contributed by atoms with Gasteiger partial charge in [-0.15, -0.1) is 11.3 Å². The number of furan rings is 1. The number of para-hydroxylation sites is 1. The number of hydrogen-bond acceptors (Lipinski definition) is 5. The van der Waals surface area contributed by atoms with Crippen molar-refractivity contribution in [3.63, 3.8) is 0 Å². The van der Waals surface area contributed by atoms with Crippen molar-refractivity contribution >= 4 is 22.7 Å². The molecular formula is C25H29N5O2S. The van der Waals surface area contributed by atoms with Gasteiger partial charge in [0.25, 0.3) is 5.56 Å². The molecule has 172 valence electrons. The van der Waals surface area contributed by atoms with E-state index in [0.717, 1.165) is 54.2 Å². The van der Waals surface area contributed by atoms with Crippen LogP contribution in [0.15, 0.2) is 73.4 Å². The van der Waals surface area contributed by atoms with Gasteiger partial charge in [-0.05, 0) is 44.0 Å². The van der Waals surface area contributed by atoms with E-state index in [1.54, 1.807) is 10.9 Å². The summed E-state index contributed by atoms with van der Waals surface area (Å²) in [5.41, 5.74) is 3.77. The summed E-state index contributed by atoms with van der Waals surface area (Å²) in [7, 11) is 1.87. The predicted molar refractivity (Wildman–Crippen MR) is 134 cm³/mol. The third-order valence-corrected chi connectivity index (χ3v) is 6.32. The molecule has 0 aliphatic carbocycles. The quantitative estimate of drug-likeness (QED) is 0.317. The number of nitrogens with zero attached hydrogens (tertiary/aromatic N) is 5. The van der Waals surface area contributed by atoms with Crippen molar-refractivity contribution < 1.29 is 4.42 Å². The van der Waals surface area contributed by atoms with Crippen LogP contribution in [-0.2, 0) is 7.05 Å². The Hall–Kier alpha value is -3.39. The first-order valence-electron chi connectivity index (χ1n) is 11.2. The number of rotatable bonds is 8. The fourth-order valence-corrected chi connectivity index (χ4v) is 4.61. The van der Waals surface area contributed by atoms with Crippen LogP contribution in [0.1, 0.15) is 45.2 Å². The second-order valence-electron chi connectivity index (χ2n) is 7.88. The van der Waals surface area contributed by atoms with Crippen molar-refractivity contribution in [2.24, 2.45) is 17.1 Å². The average molecular weight is 464 g/mol. The molecule has 0 spiro atoms. The SMILES string of the molecule is CCCC(CCC)=Nn1c(-c2ccco2)csc1=Nc1c(C)n(C)n(-c2ccccc2)c1=O. The van der Waals surface area contributed by atoms with Crippen molar-refractivity contribution in [2.75, 3.05) is 0 Å². The summed E-state index contributed by atoms with van der Waals surface area (Å²) in [5.74, 6) is 0.718. The predicted octanol–water partition coefficient (Wildman–Crippen LogP) is 5.64. The molecule has 0 bridgehead atoms. The topological polar surface area (TPSA) is 69.7 Å². The molecule has 0 fully saturated rings. The van der Waals surface area contributed by atoms with Gasteiger partial charge in [0.2, 0.25) is 4.80 Å². The van der Waals surface area contributed by atoms with Crippen LogP contribution in [0.4, 0.5) is 5.69 Å². The molecule has 4 rings (SSSR count). The van der Waals surface area contributed by atoms with Crippen molar-refractivity contribution in [2.45, 2.75) is 46.5 Å². The Morgan fingerprint density at radius 1 is 1.06 bits per heavy atom. The van der Waals surface area contributed by atoms with Gasteiger partial charge in [0.15, 0.2) is 11.4 Å². The minimum atomic E-state index is -0.160. The van der Waals surface area contributed by atoms with Crippen LogP contribution in [0, 0.1) is 6.92 Å². The lowest BCUT2D eigenvalue weighted by atomic mass is 10.1. The monoisotopic (exact) mass is 463 g/mol. The summed E-state index contributed by atoms with van der Waals surface area (Å²) in [6, 6.07) is 13.4. The summed E-state index contributed by atoms with van der Waals surface area (Å²) < 4.78 is 11.0. The molecule has 8 heteroatoms. The van der Waals surface area contributed by atoms with Gasteiger partial charge in [-0.2, -0.15) is 5.10 Å². The second-order valence-corrected chi connectivity index (χ2v) is 8.72. The zero-order valence-corrected chi connectivity index (χ0v) is 20.3. The molecule has 33 heavy (non-hydrogen) atoms. The highest BCUT2D eigenvalue weighted by molar-refractivity contribution is 7.07. The van der Waals surface area contributed by atoms with E-state index >= 15 is 0 Å². The van der Waals surface area contributed by atoms with Crippen LogP contribution in [0.3, 0.4) is 0 Å². The van der Waals surface area contributed by atoms with Crippen molar-refractivity contribution in [3.8, 4) is 17.1 Å². The molecule has 7 nitrogen and oxygen atoms in total. The lowest BCUT2D eigenvalue weighted by Crippen LogP contribution is -2.20. The molecule has 0 saturated heterocycles. The minimum absolute atomic E-state index is 0.160. The van der Waals surface area contributed by atoms with Crippen LogP contribution >= 0.6 is 11.3 Å². The molecule has 0 unspecified atom stereocenters. The van der Waals surface area contributed by atoms with E-state index in [9.17, 15) is 4.79 Å². The lowest BCUT2D eigenvalue weighted by Gasteiger charge is -2.07. The molecule has 4 aromatic rings. The van der Waals surface area contributed by atoms with Crippen LogP contribution < -0.4 is 10.4 Å². The molecule has 0 atom stereocenters. The van der Waals surface area contributed by atoms with Gasteiger partial charge < -0.3 is 4.42 Å². The van der Waals surface area contributed by atoms with Crippen LogP contribution in [-0.4, -0.2) is 19.8 Å². The largest absolute Gasteiger partial charge is 0.463 e. The first-order chi connectivity index (χ1) is 16.0. The van der Waals surface area contributed by atoms with Gasteiger partial charge in [0, 0.05) is 18.1 Å². The Balaban J connectivity index is 1.93. The van der Waals surface area contributed by atoms with Crippen molar-refractivity contribution in [3.05, 3.63) is 75.0 Å². The standard InChI is InChI=1S/C25H29N5O2S/c1-5-11-19(12-6-2)27-29-21(22-15-10-16-32-22)17-33-25(29)26-23-18(3)28(4)30(24(23)31)20-13-8-7-9-14-20/h7-10,13-17H,5-6,11-12H2,1-4H3. The van der Waals surface area contributed by atoms with E-state index in [4.69, 9.17) is 14.5 Å². The Kier molecular flexibility index (Phi) is 6.93. The normalized spacial score (nSPS) is 11.8. The summed E-state index contributed by atoms with van der Waals surface area (Å²) in [5, 5.41) is 6.95. The van der Waals surface area contributed by atoms with E-state index in [-0.39, 0.29) is 5.56 Å². The lowest BCUT2D eigenvalue weighted by molar-refractivity contribution is 0.575. The number of benzene rings is 1. The fourth-order valence-electron chi connectivity index (χ4n) is 3.79. The Bertz CT molecular complexity index is 1360. The van der Waals surface area contributed by atoms with Gasteiger partial charge in [-0.25, -0.2) is 14.4 Å². The van der Waals surface area contributed by atoms with E-state index in [2.05, 4.69) is 13.8 Å². The van der Waals surface area contributed by atoms with Gasteiger partial charge in [-0.3, -0.25) is 9.48 Å². The van der Waals surface area contributed by atoms with E-state index in [1.807, 2.05) is 71.2 Å². The Morgan fingerprint density at radius 2 is 1.79 bits per heavy atom. The molecule has 0 saturated carbocycles. The van der Waals surface area contributed by atoms with E-state index in [1.165, 1.54) is 11.3 Å². The van der Waals surface area contributed by atoms with Crippen LogP contribution in [0.2, 0.25) is 0 Å². The molecule has 0 amide bonds. The van der Waals surface area contributed by atoms with Crippen molar-refractivity contribution in [1.29, 1.82) is 0 Å². The Morgan fingerprint density at radius 3 is 2.42 bits per heavy atom. The van der Waals surface area contributed by atoms with Gasteiger partial charge in [0.1, 0.15) is 5.69 Å². The average Bonchev–Trinajstić information content (AvgIpc) is 3.52. The number of thiazole rings is 1. The fraction of sp³-hybridized carbons (Fsp3) is 0.320. The van der Waals surface area contributed by atoms with E-state index < -0.39 is 0 Å². The molecular weight excluding hydrogens is 434 g/mol. The number of aromatic nitrogens is 3. The summed E-state index contributed by atoms with van der Waals surface area (Å²) in [4.78, 5) is 18.8. The third kappa shape index (κ3) is 4.57. The smallest absolute Gasteiger partial charge is 0.297 e. The Labute approximate surface area is 196 Å². The molecule has 0 N–H and O–H groups in total.